The van der Waals surface area contributed by atoms with Crippen LogP contribution in [0, 0.1) is 6.92 Å². The summed E-state index contributed by atoms with van der Waals surface area (Å²) in [6.07, 6.45) is 2.23. The number of hydrogen-bond donors (Lipinski definition) is 1. The molecule has 1 heterocycles. The van der Waals surface area contributed by atoms with Crippen LogP contribution in [0.15, 0.2) is 39.5 Å². The average Bonchev–Trinajstić information content (AvgIpc) is 2.79. The van der Waals surface area contributed by atoms with Crippen molar-refractivity contribution in [2.45, 2.75) is 25.8 Å². The second-order valence-corrected chi connectivity index (χ2v) is 6.08. The molecule has 0 aliphatic carbocycles. The summed E-state index contributed by atoms with van der Waals surface area (Å²) in [5.74, 6) is 0. The first-order chi connectivity index (χ1) is 8.72. The van der Waals surface area contributed by atoms with Gasteiger partial charge < -0.3 is 5.32 Å². The van der Waals surface area contributed by atoms with E-state index in [4.69, 9.17) is 0 Å². The summed E-state index contributed by atoms with van der Waals surface area (Å²) in [7, 11) is 2.03. The maximum absolute atomic E-state index is 3.62. The Morgan fingerprint density at radius 2 is 2.06 bits per heavy atom. The fraction of sp³-hybridized carbons (Fsp3) is 0.333. The van der Waals surface area contributed by atoms with Gasteiger partial charge in [-0.3, -0.25) is 0 Å². The van der Waals surface area contributed by atoms with Gasteiger partial charge in [0, 0.05) is 15.9 Å². The van der Waals surface area contributed by atoms with E-state index < -0.39 is 0 Å². The molecule has 1 N–H and O–H groups in total. The van der Waals surface area contributed by atoms with Crippen LogP contribution in [-0.4, -0.2) is 7.05 Å². The summed E-state index contributed by atoms with van der Waals surface area (Å²) in [5, 5.41) is 7.78. The van der Waals surface area contributed by atoms with Crippen LogP contribution in [0.3, 0.4) is 0 Å². The molecule has 2 aromatic rings. The van der Waals surface area contributed by atoms with Crippen LogP contribution in [0.2, 0.25) is 0 Å². The van der Waals surface area contributed by atoms with Gasteiger partial charge in [0.25, 0.3) is 0 Å². The molecule has 0 amide bonds. The summed E-state index contributed by atoms with van der Waals surface area (Å²) in [6, 6.07) is 9.06. The zero-order valence-corrected chi connectivity index (χ0v) is 13.1. The van der Waals surface area contributed by atoms with E-state index in [1.807, 2.05) is 7.05 Å². The first-order valence-electron chi connectivity index (χ1n) is 6.15. The van der Waals surface area contributed by atoms with Gasteiger partial charge in [-0.05, 0) is 64.8 Å². The van der Waals surface area contributed by atoms with Crippen LogP contribution in [0.5, 0.6) is 0 Å². The fourth-order valence-corrected chi connectivity index (χ4v) is 3.81. The van der Waals surface area contributed by atoms with Gasteiger partial charge in [0.2, 0.25) is 0 Å². The molecule has 1 nitrogen and oxygen atoms in total. The summed E-state index contributed by atoms with van der Waals surface area (Å²) < 4.78 is 1.22. The normalized spacial score (nSPS) is 12.6. The van der Waals surface area contributed by atoms with Crippen LogP contribution in [0.4, 0.5) is 0 Å². The van der Waals surface area contributed by atoms with Crippen molar-refractivity contribution in [3.05, 3.63) is 56.2 Å². The molecule has 0 aliphatic rings. The highest BCUT2D eigenvalue weighted by Gasteiger charge is 2.13. The molecule has 18 heavy (non-hydrogen) atoms. The zero-order chi connectivity index (χ0) is 13.0. The lowest BCUT2D eigenvalue weighted by atomic mass is 9.98. The Hall–Kier alpha value is -0.640. The highest BCUT2D eigenvalue weighted by Crippen LogP contribution is 2.30. The highest BCUT2D eigenvalue weighted by molar-refractivity contribution is 9.10. The second-order valence-electron chi connectivity index (χ2n) is 4.48. The molecule has 0 radical (unpaired) electrons. The first kappa shape index (κ1) is 13.8. The van der Waals surface area contributed by atoms with E-state index in [0.717, 1.165) is 12.8 Å². The third kappa shape index (κ3) is 3.22. The number of rotatable bonds is 5. The standard InChI is InChI=1S/C15H18BrNS/c1-11-5-3-4-6-12(11)7-8-15(17-2)13-9-18-10-14(13)16/h3-6,9-10,15,17H,7-8H2,1-2H3. The Morgan fingerprint density at radius 1 is 1.28 bits per heavy atom. The molecule has 0 saturated heterocycles. The SMILES string of the molecule is CNC(CCc1ccccc1C)c1cscc1Br. The van der Waals surface area contributed by atoms with Crippen molar-refractivity contribution in [2.75, 3.05) is 7.05 Å². The zero-order valence-electron chi connectivity index (χ0n) is 10.7. The van der Waals surface area contributed by atoms with Crippen molar-refractivity contribution in [3.63, 3.8) is 0 Å². The largest absolute Gasteiger partial charge is 0.313 e. The number of hydrogen-bond acceptors (Lipinski definition) is 2. The van der Waals surface area contributed by atoms with Crippen molar-refractivity contribution in [1.29, 1.82) is 0 Å². The average molecular weight is 324 g/mol. The minimum absolute atomic E-state index is 0.422. The van der Waals surface area contributed by atoms with Crippen LogP contribution < -0.4 is 5.32 Å². The van der Waals surface area contributed by atoms with Crippen LogP contribution in [0.1, 0.15) is 29.2 Å². The molecule has 1 aromatic heterocycles. The van der Waals surface area contributed by atoms with Gasteiger partial charge in [0.15, 0.2) is 0 Å². The minimum Gasteiger partial charge on any atom is -0.313 e. The van der Waals surface area contributed by atoms with Crippen molar-refractivity contribution in [2.24, 2.45) is 0 Å². The molecule has 1 unspecified atom stereocenters. The van der Waals surface area contributed by atoms with Gasteiger partial charge in [-0.1, -0.05) is 24.3 Å². The maximum atomic E-state index is 3.62. The van der Waals surface area contributed by atoms with Gasteiger partial charge in [-0.2, -0.15) is 11.3 Å². The first-order valence-corrected chi connectivity index (χ1v) is 7.89. The topological polar surface area (TPSA) is 12.0 Å². The number of nitrogens with one attached hydrogen (secondary N) is 1. The molecule has 0 bridgehead atoms. The summed E-state index contributed by atoms with van der Waals surface area (Å²) >= 11 is 5.37. The van der Waals surface area contributed by atoms with Gasteiger partial charge in [0.05, 0.1) is 0 Å². The Kier molecular flexibility index (Phi) is 4.98. The smallest absolute Gasteiger partial charge is 0.0340 e. The predicted octanol–water partition coefficient (Wildman–Crippen LogP) is 4.71. The lowest BCUT2D eigenvalue weighted by Gasteiger charge is -2.16. The molecule has 1 aromatic carbocycles. The number of benzene rings is 1. The number of thiophene rings is 1. The quantitative estimate of drug-likeness (QED) is 0.840. The van der Waals surface area contributed by atoms with E-state index in [0.29, 0.717) is 6.04 Å². The maximum Gasteiger partial charge on any atom is 0.0340 e. The van der Waals surface area contributed by atoms with E-state index in [2.05, 4.69) is 63.2 Å². The third-order valence-corrected chi connectivity index (χ3v) is 5.08. The van der Waals surface area contributed by atoms with Crippen molar-refractivity contribution >= 4 is 27.3 Å². The van der Waals surface area contributed by atoms with Crippen molar-refractivity contribution in [1.82, 2.24) is 5.32 Å². The van der Waals surface area contributed by atoms with Gasteiger partial charge in [-0.25, -0.2) is 0 Å². The molecule has 3 heteroatoms. The lowest BCUT2D eigenvalue weighted by molar-refractivity contribution is 0.548. The van der Waals surface area contributed by atoms with E-state index in [9.17, 15) is 0 Å². The lowest BCUT2D eigenvalue weighted by Crippen LogP contribution is -2.17. The van der Waals surface area contributed by atoms with Crippen LogP contribution in [0.25, 0.3) is 0 Å². The second kappa shape index (κ2) is 6.50. The Bertz CT molecular complexity index is 507. The summed E-state index contributed by atoms with van der Waals surface area (Å²) in [4.78, 5) is 0. The van der Waals surface area contributed by atoms with E-state index in [-0.39, 0.29) is 0 Å². The molecule has 0 fully saturated rings. The van der Waals surface area contributed by atoms with Crippen molar-refractivity contribution < 1.29 is 0 Å². The monoisotopic (exact) mass is 323 g/mol. The molecule has 96 valence electrons. The molecule has 0 aliphatic heterocycles. The minimum atomic E-state index is 0.422. The molecular formula is C15H18BrNS. The Morgan fingerprint density at radius 3 is 2.67 bits per heavy atom. The summed E-state index contributed by atoms with van der Waals surface area (Å²) in [5.41, 5.74) is 4.21. The summed E-state index contributed by atoms with van der Waals surface area (Å²) in [6.45, 7) is 2.18. The van der Waals surface area contributed by atoms with Crippen molar-refractivity contribution in [3.8, 4) is 0 Å². The van der Waals surface area contributed by atoms with Gasteiger partial charge in [0.1, 0.15) is 0 Å². The van der Waals surface area contributed by atoms with Gasteiger partial charge >= 0.3 is 0 Å². The molecule has 2 rings (SSSR count). The van der Waals surface area contributed by atoms with Crippen LogP contribution in [-0.2, 0) is 6.42 Å². The molecule has 0 spiro atoms. The Labute approximate surface area is 121 Å². The Balaban J connectivity index is 2.05. The third-order valence-electron chi connectivity index (χ3n) is 3.33. The fourth-order valence-electron chi connectivity index (χ4n) is 2.19. The van der Waals surface area contributed by atoms with E-state index >= 15 is 0 Å². The van der Waals surface area contributed by atoms with E-state index in [1.54, 1.807) is 11.3 Å². The molecular weight excluding hydrogens is 306 g/mol. The molecule has 1 atom stereocenters. The number of aryl methyl sites for hydroxylation is 2. The predicted molar refractivity (Wildman–Crippen MR) is 83.3 cm³/mol. The van der Waals surface area contributed by atoms with Crippen LogP contribution >= 0.6 is 27.3 Å². The van der Waals surface area contributed by atoms with E-state index in [1.165, 1.54) is 21.2 Å². The highest BCUT2D eigenvalue weighted by atomic mass is 79.9. The van der Waals surface area contributed by atoms with Gasteiger partial charge in [-0.15, -0.1) is 0 Å². The number of halogens is 1. The molecule has 0 saturated carbocycles.